The van der Waals surface area contributed by atoms with Crippen molar-refractivity contribution in [1.29, 1.82) is 0 Å². The molecule has 16 heavy (non-hydrogen) atoms. The highest BCUT2D eigenvalue weighted by molar-refractivity contribution is 6.72. The van der Waals surface area contributed by atoms with E-state index < -0.39 is 21.3 Å². The van der Waals surface area contributed by atoms with Crippen molar-refractivity contribution in [3.63, 3.8) is 0 Å². The van der Waals surface area contributed by atoms with Crippen LogP contribution in [-0.2, 0) is 8.85 Å². The zero-order valence-electron chi connectivity index (χ0n) is 9.93. The molecular formula is C10H19F3O2Si. The third-order valence-corrected chi connectivity index (χ3v) is 5.34. The van der Waals surface area contributed by atoms with Crippen molar-refractivity contribution >= 4 is 8.56 Å². The van der Waals surface area contributed by atoms with Crippen LogP contribution in [0.3, 0.4) is 0 Å². The van der Waals surface area contributed by atoms with E-state index in [4.69, 9.17) is 8.85 Å². The predicted octanol–water partition coefficient (Wildman–Crippen LogP) is 3.57. The molecule has 0 aliphatic heterocycles. The van der Waals surface area contributed by atoms with Crippen molar-refractivity contribution in [2.75, 3.05) is 13.2 Å². The monoisotopic (exact) mass is 256 g/mol. The summed E-state index contributed by atoms with van der Waals surface area (Å²) in [5.41, 5.74) is 1.67. The molecule has 2 nitrogen and oxygen atoms in total. The molecule has 0 aliphatic carbocycles. The van der Waals surface area contributed by atoms with Gasteiger partial charge in [0.2, 0.25) is 0 Å². The quantitative estimate of drug-likeness (QED) is 0.648. The summed E-state index contributed by atoms with van der Waals surface area (Å²) in [6.07, 6.45) is -1.85. The predicted molar refractivity (Wildman–Crippen MR) is 59.3 cm³/mol. The van der Waals surface area contributed by atoms with Gasteiger partial charge in [0.1, 0.15) is 6.61 Å². The Morgan fingerprint density at radius 3 is 2.19 bits per heavy atom. The Balaban J connectivity index is 4.60. The topological polar surface area (TPSA) is 18.5 Å². The van der Waals surface area contributed by atoms with E-state index in [-0.39, 0.29) is 0 Å². The Kier molecular flexibility index (Phi) is 6.94. The fourth-order valence-corrected chi connectivity index (χ4v) is 4.25. The minimum atomic E-state index is -4.30. The van der Waals surface area contributed by atoms with Gasteiger partial charge in [0.15, 0.2) is 0 Å². The van der Waals surface area contributed by atoms with Crippen molar-refractivity contribution in [1.82, 2.24) is 0 Å². The van der Waals surface area contributed by atoms with Crippen LogP contribution in [0.5, 0.6) is 0 Å². The number of hydrogen-bond donors (Lipinski definition) is 0. The summed E-state index contributed by atoms with van der Waals surface area (Å²) in [4.78, 5) is 0. The highest BCUT2D eigenvalue weighted by Gasteiger charge is 2.38. The summed E-state index contributed by atoms with van der Waals surface area (Å²) in [5.74, 6) is 0. The molecule has 6 heteroatoms. The highest BCUT2D eigenvalue weighted by Crippen LogP contribution is 2.23. The average molecular weight is 256 g/mol. The first-order valence-corrected chi connectivity index (χ1v) is 7.47. The Hall–Kier alpha value is -0.333. The zero-order valence-corrected chi connectivity index (χ0v) is 10.9. The molecule has 0 fully saturated rings. The average Bonchev–Trinajstić information content (AvgIpc) is 2.15. The zero-order chi connectivity index (χ0) is 12.7. The first-order valence-electron chi connectivity index (χ1n) is 5.37. The van der Waals surface area contributed by atoms with Crippen molar-refractivity contribution in [3.05, 3.63) is 11.8 Å². The minimum absolute atomic E-state index is 0.369. The van der Waals surface area contributed by atoms with Crippen molar-refractivity contribution in [2.24, 2.45) is 0 Å². The van der Waals surface area contributed by atoms with Crippen LogP contribution in [0, 0.1) is 0 Å². The second kappa shape index (κ2) is 7.08. The van der Waals surface area contributed by atoms with E-state index in [0.717, 1.165) is 6.42 Å². The number of alkyl halides is 3. The molecule has 0 aromatic heterocycles. The van der Waals surface area contributed by atoms with E-state index >= 15 is 0 Å². The normalized spacial score (nSPS) is 16.6. The molecular weight excluding hydrogens is 237 g/mol. The summed E-state index contributed by atoms with van der Waals surface area (Å²) in [6.45, 7) is 4.56. The Morgan fingerprint density at radius 1 is 1.19 bits per heavy atom. The van der Waals surface area contributed by atoms with Crippen molar-refractivity contribution in [3.8, 4) is 0 Å². The van der Waals surface area contributed by atoms with Gasteiger partial charge in [-0.2, -0.15) is 13.2 Å². The van der Waals surface area contributed by atoms with Gasteiger partial charge in [-0.1, -0.05) is 19.4 Å². The van der Waals surface area contributed by atoms with Gasteiger partial charge in [-0.3, -0.25) is 0 Å². The molecule has 0 aromatic rings. The summed E-state index contributed by atoms with van der Waals surface area (Å²) in [7, 11) is -2.81. The van der Waals surface area contributed by atoms with E-state index in [1.54, 1.807) is 25.6 Å². The van der Waals surface area contributed by atoms with E-state index in [1.165, 1.54) is 0 Å². The third kappa shape index (κ3) is 6.29. The third-order valence-electron chi connectivity index (χ3n) is 1.89. The lowest BCUT2D eigenvalue weighted by Crippen LogP contribution is -2.43. The smallest absolute Gasteiger partial charge is 0.392 e. The number of allylic oxidation sites excluding steroid dienone is 1. The number of halogens is 3. The van der Waals surface area contributed by atoms with E-state index in [1.807, 2.05) is 6.92 Å². The molecule has 0 spiro atoms. The van der Waals surface area contributed by atoms with E-state index in [2.05, 4.69) is 0 Å². The van der Waals surface area contributed by atoms with Gasteiger partial charge in [-0.05, 0) is 25.6 Å². The highest BCUT2D eigenvalue weighted by atomic mass is 28.4. The first kappa shape index (κ1) is 15.7. The van der Waals surface area contributed by atoms with Crippen molar-refractivity contribution < 1.29 is 22.0 Å². The summed E-state index contributed by atoms with van der Waals surface area (Å²) in [5, 5.41) is 0. The second-order valence-electron chi connectivity index (χ2n) is 3.40. The number of rotatable bonds is 7. The molecule has 0 aromatic carbocycles. The maximum atomic E-state index is 12.1. The largest absolute Gasteiger partial charge is 0.410 e. The molecule has 1 unspecified atom stereocenters. The molecule has 0 amide bonds. The molecule has 0 radical (unpaired) electrons. The van der Waals surface area contributed by atoms with Gasteiger partial charge < -0.3 is 8.85 Å². The lowest BCUT2D eigenvalue weighted by molar-refractivity contribution is -0.158. The second-order valence-corrected chi connectivity index (χ2v) is 6.43. The molecule has 96 valence electrons. The van der Waals surface area contributed by atoms with Gasteiger partial charge >= 0.3 is 14.7 Å². The lowest BCUT2D eigenvalue weighted by atomic mass is 10.6. The summed E-state index contributed by atoms with van der Waals surface area (Å²) >= 11 is 0. The maximum absolute atomic E-state index is 12.1. The fourth-order valence-electron chi connectivity index (χ4n) is 1.42. The SMILES string of the molecule is CC=C[Si](CCC)(OCC)OCC(F)(F)F. The molecule has 0 saturated heterocycles. The van der Waals surface area contributed by atoms with Gasteiger partial charge in [0, 0.05) is 6.61 Å². The minimum Gasteiger partial charge on any atom is -0.392 e. The molecule has 0 bridgehead atoms. The van der Waals surface area contributed by atoms with Crippen LogP contribution >= 0.6 is 0 Å². The lowest BCUT2D eigenvalue weighted by Gasteiger charge is -2.27. The van der Waals surface area contributed by atoms with Crippen LogP contribution in [-0.4, -0.2) is 28.0 Å². The molecule has 1 atom stereocenters. The van der Waals surface area contributed by atoms with Crippen LogP contribution in [0.25, 0.3) is 0 Å². The molecule has 0 heterocycles. The maximum Gasteiger partial charge on any atom is 0.410 e. The Bertz CT molecular complexity index is 211. The standard InChI is InChI=1S/C10H19F3O2Si/c1-4-7-16(8-5-2,14-6-3)15-9-10(11,12)13/h4,7H,5-6,8-9H2,1-3H3. The summed E-state index contributed by atoms with van der Waals surface area (Å²) < 4.78 is 46.8. The van der Waals surface area contributed by atoms with E-state index in [9.17, 15) is 13.2 Å². The van der Waals surface area contributed by atoms with Gasteiger partial charge in [-0.25, -0.2) is 0 Å². The van der Waals surface area contributed by atoms with Crippen LogP contribution in [0.1, 0.15) is 27.2 Å². The molecule has 0 N–H and O–H groups in total. The van der Waals surface area contributed by atoms with Crippen LogP contribution in [0.2, 0.25) is 6.04 Å². The van der Waals surface area contributed by atoms with Gasteiger partial charge in [-0.15, -0.1) is 0 Å². The summed E-state index contributed by atoms with van der Waals surface area (Å²) in [6, 6.07) is 0.543. The Morgan fingerprint density at radius 2 is 1.81 bits per heavy atom. The number of hydrogen-bond acceptors (Lipinski definition) is 2. The van der Waals surface area contributed by atoms with Crippen molar-refractivity contribution in [2.45, 2.75) is 39.4 Å². The van der Waals surface area contributed by atoms with E-state index in [0.29, 0.717) is 12.7 Å². The van der Waals surface area contributed by atoms with Gasteiger partial charge in [0.25, 0.3) is 0 Å². The Labute approximate surface area is 95.7 Å². The first-order chi connectivity index (χ1) is 7.39. The van der Waals surface area contributed by atoms with Crippen LogP contribution < -0.4 is 0 Å². The molecule has 0 rings (SSSR count). The van der Waals surface area contributed by atoms with Crippen LogP contribution in [0.15, 0.2) is 11.8 Å². The molecule has 0 aliphatic rings. The fraction of sp³-hybridized carbons (Fsp3) is 0.800. The van der Waals surface area contributed by atoms with Gasteiger partial charge in [0.05, 0.1) is 0 Å². The molecule has 0 saturated carbocycles. The van der Waals surface area contributed by atoms with Crippen LogP contribution in [0.4, 0.5) is 13.2 Å².